The van der Waals surface area contributed by atoms with E-state index in [0.29, 0.717) is 24.3 Å². The number of aryl methyl sites for hydroxylation is 1. The molecule has 2 atom stereocenters. The molecular weight excluding hydrogens is 362 g/mol. The largest absolute Gasteiger partial charge is 0.507 e. The molecule has 0 saturated carbocycles. The van der Waals surface area contributed by atoms with E-state index in [1.54, 1.807) is 11.8 Å². The lowest BCUT2D eigenvalue weighted by Gasteiger charge is -2.21. The molecule has 0 bridgehead atoms. The summed E-state index contributed by atoms with van der Waals surface area (Å²) in [6.45, 7) is 5.87. The summed E-state index contributed by atoms with van der Waals surface area (Å²) in [6.07, 6.45) is 1.12. The van der Waals surface area contributed by atoms with Crippen LogP contribution in [0.2, 0.25) is 0 Å². The number of hydrogen-bond donors (Lipinski definition) is 2. The molecule has 0 amide bonds. The zero-order chi connectivity index (χ0) is 18.4. The maximum atomic E-state index is 10.2. The monoisotopic (exact) mass is 389 g/mol. The van der Waals surface area contributed by atoms with Gasteiger partial charge in [-0.3, -0.25) is 0 Å². The summed E-state index contributed by atoms with van der Waals surface area (Å²) in [5.74, 6) is 4.02. The first-order valence-corrected chi connectivity index (χ1v) is 11.1. The standard InChI is InChI=1S/C21H27NO2S2/c1-3-16(13-25-20-10-6-7-15(2)21(20)23)11-22-17-12-24-18-8-4-5-9-19(18)26-14-17/h4-10,16-17,22-23H,3,11-14H2,1-2H3. The van der Waals surface area contributed by atoms with Crippen LogP contribution in [-0.4, -0.2) is 35.8 Å². The first-order chi connectivity index (χ1) is 12.7. The van der Waals surface area contributed by atoms with Gasteiger partial charge in [0.1, 0.15) is 18.1 Å². The number of phenolic OH excluding ortho intramolecular Hbond substituents is 1. The highest BCUT2D eigenvalue weighted by Crippen LogP contribution is 2.33. The van der Waals surface area contributed by atoms with E-state index in [-0.39, 0.29) is 0 Å². The van der Waals surface area contributed by atoms with E-state index in [0.717, 1.165) is 40.7 Å². The molecule has 3 nitrogen and oxygen atoms in total. The third-order valence-corrected chi connectivity index (χ3v) is 7.17. The van der Waals surface area contributed by atoms with Crippen LogP contribution in [0.1, 0.15) is 18.9 Å². The van der Waals surface area contributed by atoms with E-state index in [9.17, 15) is 5.11 Å². The van der Waals surface area contributed by atoms with Crippen molar-refractivity contribution in [2.24, 2.45) is 5.92 Å². The molecule has 0 aromatic heterocycles. The van der Waals surface area contributed by atoms with E-state index in [1.165, 1.54) is 4.90 Å². The molecule has 2 aromatic rings. The minimum Gasteiger partial charge on any atom is -0.507 e. The van der Waals surface area contributed by atoms with Gasteiger partial charge in [-0.05, 0) is 43.1 Å². The van der Waals surface area contributed by atoms with Crippen LogP contribution in [0.4, 0.5) is 0 Å². The fourth-order valence-corrected chi connectivity index (χ4v) is 5.13. The second-order valence-corrected chi connectivity index (χ2v) is 8.80. The average molecular weight is 390 g/mol. The number of benzene rings is 2. The van der Waals surface area contributed by atoms with Crippen LogP contribution in [-0.2, 0) is 0 Å². The number of phenols is 1. The lowest BCUT2D eigenvalue weighted by atomic mass is 10.1. The van der Waals surface area contributed by atoms with Gasteiger partial charge in [-0.25, -0.2) is 0 Å². The van der Waals surface area contributed by atoms with Crippen molar-refractivity contribution >= 4 is 23.5 Å². The Morgan fingerprint density at radius 1 is 1.27 bits per heavy atom. The van der Waals surface area contributed by atoms with Crippen LogP contribution in [0.3, 0.4) is 0 Å². The van der Waals surface area contributed by atoms with Crippen LogP contribution < -0.4 is 10.1 Å². The predicted octanol–water partition coefficient (Wildman–Crippen LogP) is 4.96. The van der Waals surface area contributed by atoms with E-state index >= 15 is 0 Å². The maximum absolute atomic E-state index is 10.2. The first kappa shape index (κ1) is 19.5. The smallest absolute Gasteiger partial charge is 0.132 e. The van der Waals surface area contributed by atoms with Crippen molar-refractivity contribution in [3.05, 3.63) is 48.0 Å². The first-order valence-electron chi connectivity index (χ1n) is 9.16. The number of fused-ring (bicyclic) bond motifs is 1. The van der Waals surface area contributed by atoms with Gasteiger partial charge in [0.05, 0.1) is 6.04 Å². The van der Waals surface area contributed by atoms with Crippen molar-refractivity contribution in [3.63, 3.8) is 0 Å². The predicted molar refractivity (Wildman–Crippen MR) is 112 cm³/mol. The van der Waals surface area contributed by atoms with Crippen molar-refractivity contribution < 1.29 is 9.84 Å². The molecule has 26 heavy (non-hydrogen) atoms. The quantitative estimate of drug-likeness (QED) is 0.655. The Bertz CT molecular complexity index is 696. The molecule has 0 fully saturated rings. The number of ether oxygens (including phenoxy) is 1. The third kappa shape index (κ3) is 5.12. The van der Waals surface area contributed by atoms with Crippen LogP contribution in [0.5, 0.6) is 11.5 Å². The van der Waals surface area contributed by atoms with E-state index in [1.807, 2.05) is 49.0 Å². The second-order valence-electron chi connectivity index (χ2n) is 6.68. The molecule has 2 aromatic carbocycles. The fourth-order valence-electron chi connectivity index (χ4n) is 2.85. The molecule has 1 aliphatic rings. The average Bonchev–Trinajstić information content (AvgIpc) is 2.87. The highest BCUT2D eigenvalue weighted by atomic mass is 32.2. The lowest BCUT2D eigenvalue weighted by Crippen LogP contribution is -2.39. The van der Waals surface area contributed by atoms with E-state index in [2.05, 4.69) is 24.4 Å². The van der Waals surface area contributed by atoms with Crippen molar-refractivity contribution in [2.75, 3.05) is 24.7 Å². The van der Waals surface area contributed by atoms with Gasteiger partial charge in [0, 0.05) is 21.3 Å². The molecule has 2 N–H and O–H groups in total. The normalized spacial score (nSPS) is 17.8. The Morgan fingerprint density at radius 2 is 2.12 bits per heavy atom. The summed E-state index contributed by atoms with van der Waals surface area (Å²) in [7, 11) is 0. The van der Waals surface area contributed by atoms with Crippen molar-refractivity contribution in [1.82, 2.24) is 5.32 Å². The molecule has 140 valence electrons. The molecule has 3 rings (SSSR count). The number of thioether (sulfide) groups is 2. The molecular formula is C21H27NO2S2. The third-order valence-electron chi connectivity index (χ3n) is 4.68. The van der Waals surface area contributed by atoms with Crippen LogP contribution >= 0.6 is 23.5 Å². The van der Waals surface area contributed by atoms with Gasteiger partial charge in [-0.1, -0.05) is 37.6 Å². The molecule has 2 unspecified atom stereocenters. The molecule has 1 aliphatic heterocycles. The minimum absolute atomic E-state index is 0.360. The number of hydrogen-bond acceptors (Lipinski definition) is 5. The van der Waals surface area contributed by atoms with Gasteiger partial charge in [-0.2, -0.15) is 0 Å². The summed E-state index contributed by atoms with van der Waals surface area (Å²) in [4.78, 5) is 2.21. The fraction of sp³-hybridized carbons (Fsp3) is 0.429. The van der Waals surface area contributed by atoms with E-state index in [4.69, 9.17) is 4.74 Å². The Kier molecular flexibility index (Phi) is 7.17. The summed E-state index contributed by atoms with van der Waals surface area (Å²) < 4.78 is 5.96. The molecule has 5 heteroatoms. The zero-order valence-electron chi connectivity index (χ0n) is 15.4. The highest BCUT2D eigenvalue weighted by Gasteiger charge is 2.18. The topological polar surface area (TPSA) is 41.5 Å². The molecule has 0 aliphatic carbocycles. The van der Waals surface area contributed by atoms with E-state index < -0.39 is 0 Å². The Balaban J connectivity index is 1.48. The summed E-state index contributed by atoms with van der Waals surface area (Å²) in [6, 6.07) is 14.6. The summed E-state index contributed by atoms with van der Waals surface area (Å²) in [5, 5.41) is 13.9. The minimum atomic E-state index is 0.360. The van der Waals surface area contributed by atoms with Crippen LogP contribution in [0.15, 0.2) is 52.3 Å². The Labute approximate surface area is 164 Å². The summed E-state index contributed by atoms with van der Waals surface area (Å²) in [5.41, 5.74) is 0.938. The number of aromatic hydroxyl groups is 1. The Hall–Kier alpha value is -1.30. The molecule has 0 spiro atoms. The number of rotatable bonds is 7. The van der Waals surface area contributed by atoms with Gasteiger partial charge >= 0.3 is 0 Å². The molecule has 0 saturated heterocycles. The van der Waals surface area contributed by atoms with Gasteiger partial charge in [0.25, 0.3) is 0 Å². The van der Waals surface area contributed by atoms with Crippen LogP contribution in [0, 0.1) is 12.8 Å². The van der Waals surface area contributed by atoms with Crippen molar-refractivity contribution in [3.8, 4) is 11.5 Å². The lowest BCUT2D eigenvalue weighted by molar-refractivity contribution is 0.268. The van der Waals surface area contributed by atoms with Crippen molar-refractivity contribution in [1.29, 1.82) is 0 Å². The second kappa shape index (κ2) is 9.58. The van der Waals surface area contributed by atoms with Gasteiger partial charge < -0.3 is 15.2 Å². The van der Waals surface area contributed by atoms with Gasteiger partial charge in [0.2, 0.25) is 0 Å². The molecule has 0 radical (unpaired) electrons. The van der Waals surface area contributed by atoms with Crippen LogP contribution in [0.25, 0.3) is 0 Å². The maximum Gasteiger partial charge on any atom is 0.132 e. The van der Waals surface area contributed by atoms with Crippen molar-refractivity contribution in [2.45, 2.75) is 36.1 Å². The van der Waals surface area contributed by atoms with Gasteiger partial charge in [0.15, 0.2) is 0 Å². The highest BCUT2D eigenvalue weighted by molar-refractivity contribution is 7.99. The molecule has 1 heterocycles. The number of nitrogens with one attached hydrogen (secondary N) is 1. The SMILES string of the molecule is CCC(CNC1COc2ccccc2SC1)CSc1cccc(C)c1O. The summed E-state index contributed by atoms with van der Waals surface area (Å²) >= 11 is 3.61. The number of para-hydroxylation sites is 2. The Morgan fingerprint density at radius 3 is 2.96 bits per heavy atom. The zero-order valence-corrected chi connectivity index (χ0v) is 17.0. The van der Waals surface area contributed by atoms with Gasteiger partial charge in [-0.15, -0.1) is 23.5 Å².